The Labute approximate surface area is 107 Å². The fourth-order valence-corrected chi connectivity index (χ4v) is 2.28. The monoisotopic (exact) mass is 248 g/mol. The van der Waals surface area contributed by atoms with Gasteiger partial charge in [-0.25, -0.2) is 0 Å². The number of anilines is 2. The Morgan fingerprint density at radius 1 is 1.28 bits per heavy atom. The SMILES string of the molecule is CCN1CCN(c2ccc(N)c(C(N)=O)c2)CC1. The van der Waals surface area contributed by atoms with Crippen LogP contribution in [0.2, 0.25) is 0 Å². The second kappa shape index (κ2) is 5.27. The van der Waals surface area contributed by atoms with Gasteiger partial charge < -0.3 is 21.3 Å². The lowest BCUT2D eigenvalue weighted by atomic mass is 10.1. The fourth-order valence-electron chi connectivity index (χ4n) is 2.28. The van der Waals surface area contributed by atoms with Crippen molar-refractivity contribution < 1.29 is 4.79 Å². The number of nitrogen functional groups attached to an aromatic ring is 1. The first kappa shape index (κ1) is 12.7. The predicted octanol–water partition coefficient (Wildman–Crippen LogP) is 0.510. The molecule has 5 heteroatoms. The largest absolute Gasteiger partial charge is 0.398 e. The number of hydrogen-bond acceptors (Lipinski definition) is 4. The Bertz CT molecular complexity index is 439. The highest BCUT2D eigenvalue weighted by atomic mass is 16.1. The van der Waals surface area contributed by atoms with Gasteiger partial charge in [0.1, 0.15) is 0 Å². The molecular formula is C13H20N4O. The number of primary amides is 1. The van der Waals surface area contributed by atoms with Crippen LogP contribution in [-0.2, 0) is 0 Å². The summed E-state index contributed by atoms with van der Waals surface area (Å²) < 4.78 is 0. The zero-order chi connectivity index (χ0) is 13.1. The van der Waals surface area contributed by atoms with Gasteiger partial charge >= 0.3 is 0 Å². The van der Waals surface area contributed by atoms with Crippen molar-refractivity contribution in [3.8, 4) is 0 Å². The molecule has 1 heterocycles. The minimum Gasteiger partial charge on any atom is -0.398 e. The van der Waals surface area contributed by atoms with Crippen molar-refractivity contribution in [2.45, 2.75) is 6.92 Å². The lowest BCUT2D eigenvalue weighted by molar-refractivity contribution is 0.100. The Kier molecular flexibility index (Phi) is 3.72. The third-order valence-corrected chi connectivity index (χ3v) is 3.49. The van der Waals surface area contributed by atoms with E-state index in [1.165, 1.54) is 0 Å². The van der Waals surface area contributed by atoms with Gasteiger partial charge in [0.25, 0.3) is 5.91 Å². The van der Waals surface area contributed by atoms with Crippen molar-refractivity contribution in [2.75, 3.05) is 43.4 Å². The van der Waals surface area contributed by atoms with Crippen molar-refractivity contribution in [2.24, 2.45) is 5.73 Å². The van der Waals surface area contributed by atoms with Crippen molar-refractivity contribution in [1.82, 2.24) is 4.90 Å². The average Bonchev–Trinajstić information content (AvgIpc) is 2.39. The number of nitrogens with two attached hydrogens (primary N) is 2. The zero-order valence-corrected chi connectivity index (χ0v) is 10.7. The number of amides is 1. The van der Waals surface area contributed by atoms with Crippen LogP contribution in [0.3, 0.4) is 0 Å². The molecule has 1 saturated heterocycles. The Hall–Kier alpha value is -1.75. The Balaban J connectivity index is 2.15. The highest BCUT2D eigenvalue weighted by Gasteiger charge is 2.17. The van der Waals surface area contributed by atoms with Gasteiger partial charge in [-0.2, -0.15) is 0 Å². The molecule has 2 rings (SSSR count). The number of nitrogens with zero attached hydrogens (tertiary/aromatic N) is 2. The summed E-state index contributed by atoms with van der Waals surface area (Å²) in [5, 5.41) is 0. The number of benzene rings is 1. The van der Waals surface area contributed by atoms with Gasteiger partial charge in [0.15, 0.2) is 0 Å². The first-order chi connectivity index (χ1) is 8.61. The van der Waals surface area contributed by atoms with Gasteiger partial charge in [-0.3, -0.25) is 4.79 Å². The topological polar surface area (TPSA) is 75.6 Å². The summed E-state index contributed by atoms with van der Waals surface area (Å²) in [7, 11) is 0. The fraction of sp³-hybridized carbons (Fsp3) is 0.462. The second-order valence-corrected chi connectivity index (χ2v) is 4.56. The van der Waals surface area contributed by atoms with Crippen molar-refractivity contribution in [3.63, 3.8) is 0 Å². The lowest BCUT2D eigenvalue weighted by Gasteiger charge is -2.35. The molecule has 18 heavy (non-hydrogen) atoms. The zero-order valence-electron chi connectivity index (χ0n) is 10.7. The molecule has 0 bridgehead atoms. The smallest absolute Gasteiger partial charge is 0.250 e. The maximum atomic E-state index is 11.3. The maximum Gasteiger partial charge on any atom is 0.250 e. The number of carbonyl (C=O) groups excluding carboxylic acids is 1. The van der Waals surface area contributed by atoms with E-state index >= 15 is 0 Å². The van der Waals surface area contributed by atoms with E-state index in [4.69, 9.17) is 11.5 Å². The highest BCUT2D eigenvalue weighted by Crippen LogP contribution is 2.22. The van der Waals surface area contributed by atoms with Gasteiger partial charge in [-0.1, -0.05) is 6.92 Å². The summed E-state index contributed by atoms with van der Waals surface area (Å²) in [5.41, 5.74) is 12.9. The molecule has 0 saturated carbocycles. The van der Waals surface area contributed by atoms with Gasteiger partial charge in [0, 0.05) is 37.6 Å². The molecule has 0 unspecified atom stereocenters. The second-order valence-electron chi connectivity index (χ2n) is 4.56. The van der Waals surface area contributed by atoms with Crippen LogP contribution in [0.25, 0.3) is 0 Å². The molecule has 1 amide bonds. The quantitative estimate of drug-likeness (QED) is 0.764. The van der Waals surface area contributed by atoms with E-state index in [0.29, 0.717) is 11.3 Å². The standard InChI is InChI=1S/C13H20N4O/c1-2-16-5-7-17(8-6-16)10-3-4-12(14)11(9-10)13(15)18/h3-4,9H,2,5-8,14H2,1H3,(H2,15,18). The van der Waals surface area contributed by atoms with E-state index < -0.39 is 5.91 Å². The predicted molar refractivity (Wildman–Crippen MR) is 73.7 cm³/mol. The van der Waals surface area contributed by atoms with Crippen LogP contribution in [0.1, 0.15) is 17.3 Å². The van der Waals surface area contributed by atoms with E-state index in [1.54, 1.807) is 12.1 Å². The van der Waals surface area contributed by atoms with Gasteiger partial charge in [-0.15, -0.1) is 0 Å². The summed E-state index contributed by atoms with van der Waals surface area (Å²) in [5.74, 6) is -0.471. The highest BCUT2D eigenvalue weighted by molar-refractivity contribution is 5.99. The normalized spacial score (nSPS) is 16.8. The van der Waals surface area contributed by atoms with E-state index in [-0.39, 0.29) is 0 Å². The Morgan fingerprint density at radius 3 is 2.50 bits per heavy atom. The molecule has 4 N–H and O–H groups in total. The van der Waals surface area contributed by atoms with Crippen LogP contribution in [0, 0.1) is 0 Å². The van der Waals surface area contributed by atoms with Crippen molar-refractivity contribution in [3.05, 3.63) is 23.8 Å². The molecule has 1 aromatic rings. The first-order valence-corrected chi connectivity index (χ1v) is 6.28. The summed E-state index contributed by atoms with van der Waals surface area (Å²) in [6.07, 6.45) is 0. The molecule has 1 aliphatic heterocycles. The molecule has 98 valence electrons. The maximum absolute atomic E-state index is 11.3. The molecule has 0 spiro atoms. The molecule has 5 nitrogen and oxygen atoms in total. The van der Waals surface area contributed by atoms with Gasteiger partial charge in [0.2, 0.25) is 0 Å². The first-order valence-electron chi connectivity index (χ1n) is 6.28. The van der Waals surface area contributed by atoms with Crippen LogP contribution in [0.5, 0.6) is 0 Å². The molecule has 1 aromatic carbocycles. The number of hydrogen-bond donors (Lipinski definition) is 2. The van der Waals surface area contributed by atoms with E-state index in [1.807, 2.05) is 6.07 Å². The molecule has 0 aliphatic carbocycles. The van der Waals surface area contributed by atoms with Gasteiger partial charge in [-0.05, 0) is 24.7 Å². The molecule has 1 fully saturated rings. The number of carbonyl (C=O) groups is 1. The van der Waals surface area contributed by atoms with E-state index in [2.05, 4.69) is 16.7 Å². The van der Waals surface area contributed by atoms with Crippen LogP contribution >= 0.6 is 0 Å². The summed E-state index contributed by atoms with van der Waals surface area (Å²) in [4.78, 5) is 15.9. The third-order valence-electron chi connectivity index (χ3n) is 3.49. The van der Waals surface area contributed by atoms with Gasteiger partial charge in [0.05, 0.1) is 5.56 Å². The minimum atomic E-state index is -0.471. The number of likely N-dealkylation sites (N-methyl/N-ethyl adjacent to an activating group) is 1. The Morgan fingerprint density at radius 2 is 1.94 bits per heavy atom. The lowest BCUT2D eigenvalue weighted by Crippen LogP contribution is -2.46. The summed E-state index contributed by atoms with van der Waals surface area (Å²) in [6, 6.07) is 5.49. The summed E-state index contributed by atoms with van der Waals surface area (Å²) in [6.45, 7) is 7.29. The van der Waals surface area contributed by atoms with E-state index in [0.717, 1.165) is 38.4 Å². The molecule has 1 aliphatic rings. The molecule has 0 aromatic heterocycles. The van der Waals surface area contributed by atoms with Crippen LogP contribution in [-0.4, -0.2) is 43.5 Å². The molecule has 0 atom stereocenters. The summed E-state index contributed by atoms with van der Waals surface area (Å²) >= 11 is 0. The van der Waals surface area contributed by atoms with Crippen molar-refractivity contribution in [1.29, 1.82) is 0 Å². The third kappa shape index (κ3) is 2.56. The number of piperazine rings is 1. The van der Waals surface area contributed by atoms with Crippen molar-refractivity contribution >= 4 is 17.3 Å². The number of rotatable bonds is 3. The molecule has 0 radical (unpaired) electrons. The van der Waals surface area contributed by atoms with Crippen LogP contribution in [0.15, 0.2) is 18.2 Å². The average molecular weight is 248 g/mol. The van der Waals surface area contributed by atoms with Crippen LogP contribution in [0.4, 0.5) is 11.4 Å². The molecular weight excluding hydrogens is 228 g/mol. The van der Waals surface area contributed by atoms with E-state index in [9.17, 15) is 4.79 Å². The van der Waals surface area contributed by atoms with Crippen LogP contribution < -0.4 is 16.4 Å². The minimum absolute atomic E-state index is 0.408.